The van der Waals surface area contributed by atoms with Crippen molar-refractivity contribution in [3.8, 4) is 22.7 Å². The van der Waals surface area contributed by atoms with Gasteiger partial charge >= 0.3 is 5.69 Å². The highest BCUT2D eigenvalue weighted by atomic mass is 35.5. The van der Waals surface area contributed by atoms with Gasteiger partial charge in [-0.05, 0) is 69.5 Å². The Balaban J connectivity index is 1.74. The quantitative estimate of drug-likeness (QED) is 0.270. The van der Waals surface area contributed by atoms with Gasteiger partial charge in [-0.2, -0.15) is 4.98 Å². The fourth-order valence-electron chi connectivity index (χ4n) is 6.86. The van der Waals surface area contributed by atoms with Crippen molar-refractivity contribution in [2.45, 2.75) is 71.8 Å². The van der Waals surface area contributed by atoms with Gasteiger partial charge in [-0.25, -0.2) is 18.7 Å². The fraction of sp³-hybridized carbons (Fsp3) is 0.417. The van der Waals surface area contributed by atoms with Crippen molar-refractivity contribution in [2.24, 2.45) is 0 Å². The minimum Gasteiger partial charge on any atom is -0.490 e. The Labute approximate surface area is 289 Å². The number of hydrogen-bond donors (Lipinski definition) is 1. The second-order valence-electron chi connectivity index (χ2n) is 12.9. The Morgan fingerprint density at radius 2 is 1.98 bits per heavy atom. The van der Waals surface area contributed by atoms with Crippen LogP contribution in [0.15, 0.2) is 47.9 Å². The summed E-state index contributed by atoms with van der Waals surface area (Å²) < 4.78 is 29.7. The maximum absolute atomic E-state index is 16.1. The number of rotatable bonds is 5. The zero-order valence-corrected chi connectivity index (χ0v) is 29.2. The molecule has 0 saturated carbocycles. The predicted molar refractivity (Wildman–Crippen MR) is 186 cm³/mol. The molecule has 1 aromatic carbocycles. The number of fused-ring (bicyclic) bond motifs is 5. The molecule has 0 radical (unpaired) electrons. The summed E-state index contributed by atoms with van der Waals surface area (Å²) in [7, 11) is 0. The van der Waals surface area contributed by atoms with E-state index in [1.807, 2.05) is 38.7 Å². The molecule has 4 aromatic rings. The number of carbonyl (C=O) groups is 1. The van der Waals surface area contributed by atoms with Crippen molar-refractivity contribution in [3.05, 3.63) is 81.3 Å². The molecule has 2 unspecified atom stereocenters. The largest absolute Gasteiger partial charge is 0.490 e. The molecule has 13 heteroatoms. The molecule has 1 saturated heterocycles. The van der Waals surface area contributed by atoms with Crippen LogP contribution in [-0.4, -0.2) is 79.9 Å². The minimum atomic E-state index is -1.23. The van der Waals surface area contributed by atoms with E-state index in [9.17, 15) is 14.7 Å². The third-order valence-electron chi connectivity index (χ3n) is 9.21. The molecule has 258 valence electrons. The van der Waals surface area contributed by atoms with E-state index in [1.165, 1.54) is 22.8 Å². The maximum Gasteiger partial charge on any atom is 0.355 e. The summed E-state index contributed by atoms with van der Waals surface area (Å²) in [5, 5.41) is 12.0. The Kier molecular flexibility index (Phi) is 9.49. The molecule has 1 fully saturated rings. The van der Waals surface area contributed by atoms with Gasteiger partial charge in [-0.15, -0.1) is 0 Å². The van der Waals surface area contributed by atoms with Crippen LogP contribution in [0.5, 0.6) is 5.75 Å². The van der Waals surface area contributed by atoms with Crippen LogP contribution in [-0.2, 0) is 9.53 Å². The first-order valence-corrected chi connectivity index (χ1v) is 16.8. The molecule has 2 aliphatic rings. The first kappa shape index (κ1) is 34.5. The SMILES string of the molecule is C=CC(=O)N1C[C@H](C)N(c2nc(=O)n3c4nc(c(C)cc24)-c2c(ccc(Cl)c2F)OCC(O)C(OCC)c2ccnc(C(C)C)c2-3)C[C@H]1C. The first-order chi connectivity index (χ1) is 23.4. The zero-order valence-electron chi connectivity index (χ0n) is 28.4. The summed E-state index contributed by atoms with van der Waals surface area (Å²) in [5.41, 5.74) is 1.78. The third-order valence-corrected chi connectivity index (χ3v) is 9.51. The molecular weight excluding hydrogens is 651 g/mol. The van der Waals surface area contributed by atoms with Crippen molar-refractivity contribution in [1.82, 2.24) is 24.4 Å². The van der Waals surface area contributed by atoms with Crippen LogP contribution in [0.25, 0.3) is 28.0 Å². The van der Waals surface area contributed by atoms with Gasteiger partial charge in [-0.3, -0.25) is 9.78 Å². The van der Waals surface area contributed by atoms with Gasteiger partial charge in [0.2, 0.25) is 5.91 Å². The van der Waals surface area contributed by atoms with Crippen LogP contribution in [0, 0.1) is 12.7 Å². The maximum atomic E-state index is 16.1. The number of aliphatic hydroxyl groups excluding tert-OH is 1. The van der Waals surface area contributed by atoms with Gasteiger partial charge in [0.1, 0.15) is 30.4 Å². The Hall–Kier alpha value is -4.39. The number of aryl methyl sites for hydroxylation is 1. The Bertz CT molecular complexity index is 2020. The molecule has 6 rings (SSSR count). The number of piperazine rings is 1. The minimum absolute atomic E-state index is 0.000898. The highest BCUT2D eigenvalue weighted by Gasteiger charge is 2.36. The van der Waals surface area contributed by atoms with E-state index in [2.05, 4.69) is 11.6 Å². The lowest BCUT2D eigenvalue weighted by atomic mass is 9.97. The standard InChI is InChI=1S/C36H40ClFN6O5/c1-8-27(46)42-15-21(7)43(16-20(42)6)34-23-14-19(5)31-28-26(11-10-24(37)29(28)38)49-17-25(45)33(48-9-2)22-12-13-39-30(18(3)4)32(22)44(35(23)40-31)36(47)41-34/h8,10-14,18,20-21,25,33,45H,1,9,15-17H2,2-7H3/t20-,21+,25?,33?/m1/s1. The van der Waals surface area contributed by atoms with Crippen LogP contribution < -0.4 is 15.3 Å². The molecule has 2 bridgehead atoms. The van der Waals surface area contributed by atoms with E-state index in [0.717, 1.165) is 0 Å². The van der Waals surface area contributed by atoms with Gasteiger partial charge in [0.15, 0.2) is 11.5 Å². The summed E-state index contributed by atoms with van der Waals surface area (Å²) in [6.45, 7) is 15.8. The highest BCUT2D eigenvalue weighted by molar-refractivity contribution is 6.31. The normalized spacial score (nSPS) is 20.8. The number of amides is 1. The number of anilines is 1. The van der Waals surface area contributed by atoms with Crippen LogP contribution >= 0.6 is 11.6 Å². The van der Waals surface area contributed by atoms with Gasteiger partial charge in [0.25, 0.3) is 0 Å². The summed E-state index contributed by atoms with van der Waals surface area (Å²) in [4.78, 5) is 45.4. The van der Waals surface area contributed by atoms with E-state index in [4.69, 9.17) is 31.0 Å². The first-order valence-electron chi connectivity index (χ1n) is 16.4. The number of hydrogen-bond acceptors (Lipinski definition) is 9. The second kappa shape index (κ2) is 13.5. The van der Waals surface area contributed by atoms with E-state index in [-0.39, 0.29) is 64.8 Å². The summed E-state index contributed by atoms with van der Waals surface area (Å²) in [5.74, 6) is -0.581. The van der Waals surface area contributed by atoms with Crippen molar-refractivity contribution in [1.29, 1.82) is 0 Å². The van der Waals surface area contributed by atoms with Crippen molar-refractivity contribution < 1.29 is 23.8 Å². The predicted octanol–water partition coefficient (Wildman–Crippen LogP) is 5.51. The molecule has 1 N–H and O–H groups in total. The van der Waals surface area contributed by atoms with E-state index < -0.39 is 23.7 Å². The molecule has 0 spiro atoms. The molecular formula is C36H40ClFN6O5. The Morgan fingerprint density at radius 1 is 1.22 bits per heavy atom. The van der Waals surface area contributed by atoms with Crippen molar-refractivity contribution >= 4 is 34.4 Å². The average Bonchev–Trinajstić information content (AvgIpc) is 3.07. The molecule has 0 aliphatic carbocycles. The molecule has 3 aromatic heterocycles. The number of halogens is 2. The number of nitrogens with zero attached hydrogens (tertiary/aromatic N) is 6. The number of aliphatic hydroxyl groups is 1. The lowest BCUT2D eigenvalue weighted by Crippen LogP contribution is -2.58. The monoisotopic (exact) mass is 690 g/mol. The topological polar surface area (TPSA) is 123 Å². The molecule has 5 heterocycles. The molecule has 11 nitrogen and oxygen atoms in total. The lowest BCUT2D eigenvalue weighted by Gasteiger charge is -2.44. The van der Waals surface area contributed by atoms with E-state index in [1.54, 1.807) is 31.0 Å². The van der Waals surface area contributed by atoms with E-state index >= 15 is 4.39 Å². The van der Waals surface area contributed by atoms with Crippen molar-refractivity contribution in [2.75, 3.05) is 31.2 Å². The smallest absolute Gasteiger partial charge is 0.355 e. The summed E-state index contributed by atoms with van der Waals surface area (Å²) in [6, 6.07) is 6.04. The van der Waals surface area contributed by atoms with Crippen LogP contribution in [0.2, 0.25) is 5.02 Å². The number of aromatic nitrogens is 4. The number of ether oxygens (including phenoxy) is 2. The molecule has 49 heavy (non-hydrogen) atoms. The summed E-state index contributed by atoms with van der Waals surface area (Å²) >= 11 is 6.31. The molecule has 1 amide bonds. The molecule has 4 atom stereocenters. The third kappa shape index (κ3) is 5.95. The van der Waals surface area contributed by atoms with Gasteiger partial charge in [-0.1, -0.05) is 32.0 Å². The van der Waals surface area contributed by atoms with Gasteiger partial charge in [0.05, 0.1) is 33.0 Å². The van der Waals surface area contributed by atoms with Crippen LogP contribution in [0.1, 0.15) is 63.5 Å². The summed E-state index contributed by atoms with van der Waals surface area (Å²) in [6.07, 6.45) is 0.740. The number of pyridine rings is 2. The molecule has 2 aliphatic heterocycles. The fourth-order valence-corrected chi connectivity index (χ4v) is 7.01. The highest BCUT2D eigenvalue weighted by Crippen LogP contribution is 2.41. The average molecular weight is 691 g/mol. The lowest BCUT2D eigenvalue weighted by molar-refractivity contribution is -0.128. The van der Waals surface area contributed by atoms with Crippen LogP contribution in [0.3, 0.4) is 0 Å². The Morgan fingerprint density at radius 3 is 2.67 bits per heavy atom. The number of carbonyl (C=O) groups excluding carboxylic acids is 1. The van der Waals surface area contributed by atoms with Crippen LogP contribution in [0.4, 0.5) is 10.2 Å². The number of benzene rings is 1. The van der Waals surface area contributed by atoms with E-state index in [0.29, 0.717) is 46.8 Å². The zero-order chi connectivity index (χ0) is 35.3. The van der Waals surface area contributed by atoms with Crippen molar-refractivity contribution in [3.63, 3.8) is 0 Å². The second-order valence-corrected chi connectivity index (χ2v) is 13.3. The van der Waals surface area contributed by atoms with Gasteiger partial charge < -0.3 is 24.4 Å². The van der Waals surface area contributed by atoms with Gasteiger partial charge in [0, 0.05) is 43.5 Å².